The van der Waals surface area contributed by atoms with Crippen LogP contribution in [0, 0.1) is 0 Å². The van der Waals surface area contributed by atoms with Crippen LogP contribution in [0.2, 0.25) is 0 Å². The fourth-order valence-corrected chi connectivity index (χ4v) is 6.34. The van der Waals surface area contributed by atoms with Gasteiger partial charge in [0.1, 0.15) is 11.6 Å². The second-order valence-electron chi connectivity index (χ2n) is 12.8. The Bertz CT molecular complexity index is 834. The van der Waals surface area contributed by atoms with Crippen LogP contribution >= 0.6 is 0 Å². The van der Waals surface area contributed by atoms with Gasteiger partial charge in [0, 0.05) is 35.0 Å². The monoisotopic (exact) mass is 499 g/mol. The molecule has 2 aliphatic rings. The molecule has 12 nitrogen and oxygen atoms in total. The zero-order chi connectivity index (χ0) is 27.4. The average molecular weight is 500 g/mol. The molecule has 2 saturated heterocycles. The third-order valence-corrected chi connectivity index (χ3v) is 7.19. The molecule has 1 atom stereocenters. The molecule has 0 aromatic carbocycles. The smallest absolute Gasteiger partial charge is 0.329 e. The molecule has 0 saturated carbocycles. The molecule has 200 valence electrons. The molecule has 2 amide bonds. The Morgan fingerprint density at radius 3 is 1.54 bits per heavy atom. The van der Waals surface area contributed by atoms with E-state index in [2.05, 4.69) is 10.6 Å². The average Bonchev–Trinajstić information content (AvgIpc) is 2.66. The number of nitrogens with zero attached hydrogens (tertiary/aromatic N) is 2. The quantitative estimate of drug-likeness (QED) is 0.340. The Balaban J connectivity index is 2.28. The Morgan fingerprint density at radius 1 is 0.829 bits per heavy atom. The highest BCUT2D eigenvalue weighted by molar-refractivity contribution is 5.95. The normalized spacial score (nSPS) is 27.4. The first-order chi connectivity index (χ1) is 15.6. The summed E-state index contributed by atoms with van der Waals surface area (Å²) >= 11 is 0. The van der Waals surface area contributed by atoms with Gasteiger partial charge in [-0.3, -0.25) is 9.59 Å². The molecule has 2 heterocycles. The Kier molecular flexibility index (Phi) is 7.50. The molecule has 0 spiro atoms. The molecule has 35 heavy (non-hydrogen) atoms. The van der Waals surface area contributed by atoms with Crippen molar-refractivity contribution in [3.05, 3.63) is 0 Å². The van der Waals surface area contributed by atoms with Gasteiger partial charge in [-0.2, -0.15) is 0 Å². The van der Waals surface area contributed by atoms with Gasteiger partial charge < -0.3 is 26.6 Å². The van der Waals surface area contributed by atoms with Crippen LogP contribution < -0.4 is 16.4 Å². The number of nitrogens with one attached hydrogen (secondary N) is 2. The SMILES string of the molecule is CC1(C)CC(N)(C(=O)NC(CO)C(=O)NC2(C(=O)O)CC(C)(C)N([O])C(C)(C)C2)CC(C)(C)N1[O]. The lowest BCUT2D eigenvalue weighted by Gasteiger charge is -2.54. The van der Waals surface area contributed by atoms with Crippen LogP contribution in [0.3, 0.4) is 0 Å². The Labute approximate surface area is 206 Å². The fraction of sp³-hybridized carbons (Fsp3) is 0.870. The van der Waals surface area contributed by atoms with E-state index in [9.17, 15) is 35.0 Å². The predicted octanol–water partition coefficient (Wildman–Crippen LogP) is 0.0976. The lowest BCUT2D eigenvalue weighted by Crippen LogP contribution is -2.73. The van der Waals surface area contributed by atoms with Crippen molar-refractivity contribution in [3.8, 4) is 0 Å². The summed E-state index contributed by atoms with van der Waals surface area (Å²) in [5.74, 6) is -2.94. The van der Waals surface area contributed by atoms with Crippen molar-refractivity contribution in [1.29, 1.82) is 0 Å². The predicted molar refractivity (Wildman–Crippen MR) is 124 cm³/mol. The van der Waals surface area contributed by atoms with E-state index < -0.39 is 63.7 Å². The lowest BCUT2D eigenvalue weighted by atomic mass is 9.70. The highest BCUT2D eigenvalue weighted by Crippen LogP contribution is 2.43. The molecular weight excluding hydrogens is 458 g/mol. The van der Waals surface area contributed by atoms with Gasteiger partial charge in [-0.05, 0) is 68.2 Å². The summed E-state index contributed by atoms with van der Waals surface area (Å²) in [4.78, 5) is 38.7. The third-order valence-electron chi connectivity index (χ3n) is 7.19. The molecule has 6 N–H and O–H groups in total. The Morgan fingerprint density at radius 2 is 1.20 bits per heavy atom. The summed E-state index contributed by atoms with van der Waals surface area (Å²) in [5, 5.41) is 52.0. The second kappa shape index (κ2) is 8.93. The van der Waals surface area contributed by atoms with E-state index >= 15 is 0 Å². The van der Waals surface area contributed by atoms with E-state index in [4.69, 9.17) is 5.73 Å². The number of amides is 2. The van der Waals surface area contributed by atoms with Crippen LogP contribution in [0.5, 0.6) is 0 Å². The van der Waals surface area contributed by atoms with E-state index in [1.54, 1.807) is 55.4 Å². The molecular formula is C23H41N5O7. The largest absolute Gasteiger partial charge is 0.480 e. The number of carbonyl (C=O) groups is 3. The summed E-state index contributed by atoms with van der Waals surface area (Å²) in [7, 11) is 0. The standard InChI is InChI=1S/C23H41N5O7/c1-18(2)10-22(24,11-19(3,4)27(18)34)16(31)25-14(9-29)15(30)26-23(17(32)33)12-20(5,6)28(35)21(7,8)13-23/h14,29H,9-13,24H2,1-8H3,(H,25,31)(H,26,30)(H,32,33). The number of aliphatic hydroxyl groups is 1. The Hall–Kier alpha value is -1.83. The van der Waals surface area contributed by atoms with Crippen molar-refractivity contribution in [1.82, 2.24) is 20.8 Å². The molecule has 0 bridgehead atoms. The number of hydrogen-bond donors (Lipinski definition) is 5. The van der Waals surface area contributed by atoms with Crippen LogP contribution in [-0.2, 0) is 24.8 Å². The van der Waals surface area contributed by atoms with Crippen molar-refractivity contribution in [3.63, 3.8) is 0 Å². The van der Waals surface area contributed by atoms with Crippen molar-refractivity contribution in [2.75, 3.05) is 6.61 Å². The lowest BCUT2D eigenvalue weighted by molar-refractivity contribution is -0.296. The number of piperidine rings is 2. The maximum absolute atomic E-state index is 13.2. The molecule has 0 aromatic rings. The van der Waals surface area contributed by atoms with Gasteiger partial charge in [0.25, 0.3) is 0 Å². The van der Waals surface area contributed by atoms with Crippen LogP contribution in [0.15, 0.2) is 0 Å². The van der Waals surface area contributed by atoms with Crippen molar-refractivity contribution >= 4 is 17.8 Å². The van der Waals surface area contributed by atoms with Gasteiger partial charge in [-0.25, -0.2) is 4.79 Å². The fourth-order valence-electron chi connectivity index (χ4n) is 6.34. The molecule has 2 aliphatic heterocycles. The zero-order valence-corrected chi connectivity index (χ0v) is 22.0. The number of aliphatic hydroxyl groups excluding tert-OH is 1. The van der Waals surface area contributed by atoms with E-state index in [-0.39, 0.29) is 25.7 Å². The minimum atomic E-state index is -1.79. The summed E-state index contributed by atoms with van der Waals surface area (Å²) < 4.78 is 0. The summed E-state index contributed by atoms with van der Waals surface area (Å²) in [6.45, 7) is 12.3. The van der Waals surface area contributed by atoms with Gasteiger partial charge in [0.2, 0.25) is 11.8 Å². The maximum Gasteiger partial charge on any atom is 0.329 e. The summed E-state index contributed by atoms with van der Waals surface area (Å²) in [6.07, 6.45) is -0.329. The van der Waals surface area contributed by atoms with E-state index in [0.717, 1.165) is 10.1 Å². The molecule has 0 aliphatic carbocycles. The highest BCUT2D eigenvalue weighted by Gasteiger charge is 2.58. The molecule has 2 radical (unpaired) electrons. The van der Waals surface area contributed by atoms with Gasteiger partial charge in [0.15, 0.2) is 0 Å². The minimum Gasteiger partial charge on any atom is -0.480 e. The van der Waals surface area contributed by atoms with E-state index in [1.165, 1.54) is 0 Å². The van der Waals surface area contributed by atoms with Crippen molar-refractivity contribution in [2.45, 2.75) is 120 Å². The number of aliphatic carboxylic acids is 1. The van der Waals surface area contributed by atoms with E-state index in [0.29, 0.717) is 0 Å². The molecule has 1 unspecified atom stereocenters. The topological polar surface area (TPSA) is 188 Å². The molecule has 0 aromatic heterocycles. The maximum atomic E-state index is 13.2. The second-order valence-corrected chi connectivity index (χ2v) is 12.8. The summed E-state index contributed by atoms with van der Waals surface area (Å²) in [5.41, 5.74) is -0.963. The number of hydrogen-bond acceptors (Lipinski definition) is 7. The highest BCUT2D eigenvalue weighted by atomic mass is 16.5. The molecule has 2 fully saturated rings. The van der Waals surface area contributed by atoms with Gasteiger partial charge in [-0.1, -0.05) is 0 Å². The first-order valence-corrected chi connectivity index (χ1v) is 11.8. The van der Waals surface area contributed by atoms with Crippen LogP contribution in [0.4, 0.5) is 0 Å². The third kappa shape index (κ3) is 5.47. The molecule has 2 rings (SSSR count). The first-order valence-electron chi connectivity index (χ1n) is 11.8. The van der Waals surface area contributed by atoms with Gasteiger partial charge >= 0.3 is 5.97 Å². The van der Waals surface area contributed by atoms with Crippen molar-refractivity contribution in [2.24, 2.45) is 5.73 Å². The number of carboxylic acids is 1. The number of carboxylic acid groups (broad SMARTS) is 1. The number of nitrogens with two attached hydrogens (primary N) is 1. The number of rotatable bonds is 6. The van der Waals surface area contributed by atoms with Gasteiger partial charge in [-0.15, -0.1) is 20.5 Å². The molecule has 12 heteroatoms. The van der Waals surface area contributed by atoms with Gasteiger partial charge in [0.05, 0.1) is 12.1 Å². The zero-order valence-electron chi connectivity index (χ0n) is 22.0. The van der Waals surface area contributed by atoms with E-state index in [1.807, 2.05) is 0 Å². The summed E-state index contributed by atoms with van der Waals surface area (Å²) in [6, 6.07) is -1.48. The van der Waals surface area contributed by atoms with Crippen molar-refractivity contribution < 1.29 is 35.0 Å². The first kappa shape index (κ1) is 29.4. The number of carbonyl (C=O) groups excluding carboxylic acids is 2. The van der Waals surface area contributed by atoms with Crippen LogP contribution in [0.1, 0.15) is 81.1 Å². The van der Waals surface area contributed by atoms with Crippen LogP contribution in [-0.4, -0.2) is 84.0 Å². The number of hydroxylamine groups is 4. The van der Waals surface area contributed by atoms with Crippen LogP contribution in [0.25, 0.3) is 0 Å². The minimum absolute atomic E-state index is 0.0132.